The third-order valence-electron chi connectivity index (χ3n) is 6.64. The lowest BCUT2D eigenvalue weighted by Crippen LogP contribution is -2.18. The number of fused-ring (bicyclic) bond motifs is 1. The number of unbranched alkanes of at least 4 members (excludes halogenated alkanes) is 2. The highest BCUT2D eigenvalue weighted by Gasteiger charge is 2.43. The minimum absolute atomic E-state index is 0.176. The summed E-state index contributed by atoms with van der Waals surface area (Å²) in [6, 6.07) is 8.31. The van der Waals surface area contributed by atoms with Crippen molar-refractivity contribution in [1.29, 1.82) is 0 Å². The summed E-state index contributed by atoms with van der Waals surface area (Å²) in [5, 5.41) is 21.0. The molecule has 1 aromatic carbocycles. The maximum Gasteiger partial charge on any atom is 0.0761 e. The van der Waals surface area contributed by atoms with Crippen molar-refractivity contribution < 1.29 is 10.2 Å². The predicted molar refractivity (Wildman–Crippen MR) is 121 cm³/mol. The molecule has 0 aliphatic heterocycles. The van der Waals surface area contributed by atoms with E-state index >= 15 is 0 Å². The summed E-state index contributed by atoms with van der Waals surface area (Å²) < 4.78 is 0. The second-order valence-corrected chi connectivity index (χ2v) is 9.50. The Bertz CT molecular complexity index is 708. The van der Waals surface area contributed by atoms with Crippen molar-refractivity contribution in [3.05, 3.63) is 59.2 Å². The Kier molecular flexibility index (Phi) is 8.11. The molecular weight excluding hydrogens is 358 g/mol. The average Bonchev–Trinajstić information content (AvgIpc) is 3.16. The third-order valence-corrected chi connectivity index (χ3v) is 6.64. The Labute approximate surface area is 177 Å². The SMILES string of the molecule is Cc1cccc(C[C@H](O)C=C[C@@H]2[C@H]3CC(CCCCCN(C)C)=C[C@H]3C[C@H]2O)c1. The van der Waals surface area contributed by atoms with Crippen LogP contribution in [0.4, 0.5) is 0 Å². The molecule has 0 aromatic heterocycles. The zero-order valence-corrected chi connectivity index (χ0v) is 18.4. The summed E-state index contributed by atoms with van der Waals surface area (Å²) in [6.45, 7) is 3.25. The molecule has 2 aliphatic rings. The first-order valence-electron chi connectivity index (χ1n) is 11.4. The molecular formula is C26H39NO2. The largest absolute Gasteiger partial charge is 0.392 e. The van der Waals surface area contributed by atoms with Gasteiger partial charge >= 0.3 is 0 Å². The molecule has 2 N–H and O–H groups in total. The highest BCUT2D eigenvalue weighted by molar-refractivity contribution is 5.24. The van der Waals surface area contributed by atoms with Crippen LogP contribution in [0, 0.1) is 24.7 Å². The van der Waals surface area contributed by atoms with Crippen molar-refractivity contribution in [1.82, 2.24) is 4.90 Å². The van der Waals surface area contributed by atoms with E-state index in [4.69, 9.17) is 0 Å². The van der Waals surface area contributed by atoms with Gasteiger partial charge in [-0.2, -0.15) is 0 Å². The molecule has 3 heteroatoms. The van der Waals surface area contributed by atoms with E-state index in [2.05, 4.69) is 56.3 Å². The number of aryl methyl sites for hydroxylation is 1. The third kappa shape index (κ3) is 6.53. The van der Waals surface area contributed by atoms with Crippen LogP contribution in [0.1, 0.15) is 49.7 Å². The van der Waals surface area contributed by atoms with Gasteiger partial charge in [0.25, 0.3) is 0 Å². The van der Waals surface area contributed by atoms with Gasteiger partial charge in [-0.15, -0.1) is 0 Å². The van der Waals surface area contributed by atoms with Crippen molar-refractivity contribution in [3.8, 4) is 0 Å². The molecule has 1 aromatic rings. The zero-order valence-electron chi connectivity index (χ0n) is 18.4. The molecule has 29 heavy (non-hydrogen) atoms. The van der Waals surface area contributed by atoms with Gasteiger partial charge in [-0.3, -0.25) is 0 Å². The van der Waals surface area contributed by atoms with E-state index in [9.17, 15) is 10.2 Å². The summed E-state index contributed by atoms with van der Waals surface area (Å²) in [6.07, 6.45) is 13.4. The molecule has 1 fully saturated rings. The van der Waals surface area contributed by atoms with Crippen LogP contribution in [0.25, 0.3) is 0 Å². The molecule has 3 nitrogen and oxygen atoms in total. The number of nitrogens with zero attached hydrogens (tertiary/aromatic N) is 1. The summed E-state index contributed by atoms with van der Waals surface area (Å²) in [7, 11) is 4.27. The van der Waals surface area contributed by atoms with Gasteiger partial charge in [0.2, 0.25) is 0 Å². The van der Waals surface area contributed by atoms with Crippen LogP contribution in [0.3, 0.4) is 0 Å². The fraction of sp³-hybridized carbons (Fsp3) is 0.615. The Morgan fingerprint density at radius 1 is 1.21 bits per heavy atom. The maximum atomic E-state index is 10.6. The second kappa shape index (κ2) is 10.6. The van der Waals surface area contributed by atoms with Crippen molar-refractivity contribution in [3.63, 3.8) is 0 Å². The molecule has 3 rings (SSSR count). The molecule has 160 valence electrons. The van der Waals surface area contributed by atoms with E-state index in [0.29, 0.717) is 18.3 Å². The van der Waals surface area contributed by atoms with Crippen LogP contribution in [0.2, 0.25) is 0 Å². The number of hydrogen-bond acceptors (Lipinski definition) is 3. The van der Waals surface area contributed by atoms with E-state index in [1.165, 1.54) is 37.8 Å². The molecule has 0 spiro atoms. The fourth-order valence-corrected chi connectivity index (χ4v) is 5.15. The van der Waals surface area contributed by atoms with Gasteiger partial charge in [-0.05, 0) is 77.1 Å². The summed E-state index contributed by atoms with van der Waals surface area (Å²) in [5.74, 6) is 1.21. The van der Waals surface area contributed by atoms with Gasteiger partial charge < -0.3 is 15.1 Å². The minimum Gasteiger partial charge on any atom is -0.392 e. The van der Waals surface area contributed by atoms with Crippen LogP contribution < -0.4 is 0 Å². The quantitative estimate of drug-likeness (QED) is 0.451. The highest BCUT2D eigenvalue weighted by atomic mass is 16.3. The lowest BCUT2D eigenvalue weighted by atomic mass is 9.88. The van der Waals surface area contributed by atoms with Crippen LogP contribution >= 0.6 is 0 Å². The first kappa shape index (κ1) is 22.3. The second-order valence-electron chi connectivity index (χ2n) is 9.50. The fourth-order valence-electron chi connectivity index (χ4n) is 5.15. The summed E-state index contributed by atoms with van der Waals surface area (Å²) in [5.41, 5.74) is 3.97. The molecule has 0 unspecified atom stereocenters. The van der Waals surface area contributed by atoms with E-state index in [1.807, 2.05) is 12.1 Å². The van der Waals surface area contributed by atoms with Crippen LogP contribution in [0.5, 0.6) is 0 Å². The maximum absolute atomic E-state index is 10.6. The molecule has 1 saturated carbocycles. The number of aliphatic hydroxyl groups is 2. The zero-order chi connectivity index (χ0) is 20.8. The first-order valence-corrected chi connectivity index (χ1v) is 11.4. The number of allylic oxidation sites excluding steroid dienone is 2. The Morgan fingerprint density at radius 3 is 2.79 bits per heavy atom. The van der Waals surface area contributed by atoms with E-state index < -0.39 is 6.10 Å². The standard InChI is InChI=1S/C26H39NO2/c1-19-8-7-10-20(14-19)16-23(28)11-12-24-25-17-21(15-22(25)18-26(24)29)9-5-4-6-13-27(2)3/h7-8,10-12,14-15,22-26,28-29H,4-6,9,13,16-18H2,1-3H3/t22-,23+,24+,25-,26+/m0/s1. The molecule has 0 radical (unpaired) electrons. The van der Waals surface area contributed by atoms with Crippen molar-refractivity contribution in [2.24, 2.45) is 17.8 Å². The normalized spacial score (nSPS) is 27.6. The minimum atomic E-state index is -0.492. The number of hydrogen-bond donors (Lipinski definition) is 2. The summed E-state index contributed by atoms with van der Waals surface area (Å²) in [4.78, 5) is 2.25. The van der Waals surface area contributed by atoms with Crippen LogP contribution in [-0.4, -0.2) is 48.0 Å². The molecule has 0 saturated heterocycles. The Morgan fingerprint density at radius 2 is 2.03 bits per heavy atom. The van der Waals surface area contributed by atoms with Gasteiger partial charge in [0.15, 0.2) is 0 Å². The number of aliphatic hydroxyl groups excluding tert-OH is 2. The van der Waals surface area contributed by atoms with Gasteiger partial charge in [0, 0.05) is 12.3 Å². The van der Waals surface area contributed by atoms with Crippen LogP contribution in [-0.2, 0) is 6.42 Å². The molecule has 5 atom stereocenters. The van der Waals surface area contributed by atoms with Gasteiger partial charge in [0.05, 0.1) is 12.2 Å². The van der Waals surface area contributed by atoms with E-state index in [-0.39, 0.29) is 12.0 Å². The van der Waals surface area contributed by atoms with Gasteiger partial charge in [-0.25, -0.2) is 0 Å². The molecule has 0 heterocycles. The monoisotopic (exact) mass is 397 g/mol. The molecule has 0 bridgehead atoms. The average molecular weight is 398 g/mol. The number of benzene rings is 1. The van der Waals surface area contributed by atoms with Crippen molar-refractivity contribution in [2.45, 2.75) is 64.1 Å². The van der Waals surface area contributed by atoms with E-state index in [1.54, 1.807) is 5.57 Å². The molecule has 2 aliphatic carbocycles. The van der Waals surface area contributed by atoms with Gasteiger partial charge in [0.1, 0.15) is 0 Å². The number of rotatable bonds is 10. The Hall–Kier alpha value is -1.42. The molecule has 0 amide bonds. The predicted octanol–water partition coefficient (Wildman–Crippen LogP) is 4.52. The lowest BCUT2D eigenvalue weighted by Gasteiger charge is -2.19. The lowest BCUT2D eigenvalue weighted by molar-refractivity contribution is 0.140. The Balaban J connectivity index is 1.47. The summed E-state index contributed by atoms with van der Waals surface area (Å²) >= 11 is 0. The topological polar surface area (TPSA) is 43.7 Å². The van der Waals surface area contributed by atoms with Gasteiger partial charge in [-0.1, -0.05) is 60.1 Å². The van der Waals surface area contributed by atoms with Crippen LogP contribution in [0.15, 0.2) is 48.1 Å². The van der Waals surface area contributed by atoms with Crippen molar-refractivity contribution >= 4 is 0 Å². The smallest absolute Gasteiger partial charge is 0.0761 e. The van der Waals surface area contributed by atoms with Crippen molar-refractivity contribution in [2.75, 3.05) is 20.6 Å². The highest BCUT2D eigenvalue weighted by Crippen LogP contribution is 2.48. The van der Waals surface area contributed by atoms with E-state index in [0.717, 1.165) is 18.4 Å². The first-order chi connectivity index (χ1) is 13.9.